The molecule has 0 aliphatic rings. The van der Waals surface area contributed by atoms with E-state index in [1.54, 1.807) is 18.3 Å². The fraction of sp³-hybridized carbons (Fsp3) is 0.217. The van der Waals surface area contributed by atoms with Crippen LogP contribution in [0.4, 0.5) is 17.2 Å². The van der Waals surface area contributed by atoms with Crippen molar-refractivity contribution < 1.29 is 4.79 Å². The van der Waals surface area contributed by atoms with Gasteiger partial charge in [-0.05, 0) is 69.4 Å². The summed E-state index contributed by atoms with van der Waals surface area (Å²) in [6.07, 6.45) is 3.73. The van der Waals surface area contributed by atoms with Gasteiger partial charge in [0.1, 0.15) is 0 Å². The standard InChI is InChI=1S/C23H26N4O/c1-27(2)17-9-13-18-10-6-7-14-20(18)25-21-15-8-16-24-22(21)26-23(28)19-11-4-3-5-12-19/h3-8,10-12,14-16,25H,9,13,17H2,1-2H3,(H,24,26,28). The highest BCUT2D eigenvalue weighted by Crippen LogP contribution is 2.26. The molecule has 0 bridgehead atoms. The molecule has 0 spiro atoms. The summed E-state index contributed by atoms with van der Waals surface area (Å²) in [4.78, 5) is 19.1. The number of nitrogens with zero attached hydrogens (tertiary/aromatic N) is 2. The van der Waals surface area contributed by atoms with E-state index in [0.29, 0.717) is 11.4 Å². The summed E-state index contributed by atoms with van der Waals surface area (Å²) >= 11 is 0. The minimum atomic E-state index is -0.179. The van der Waals surface area contributed by atoms with Gasteiger partial charge in [-0.25, -0.2) is 4.98 Å². The Hall–Kier alpha value is -3.18. The molecule has 1 aromatic heterocycles. The van der Waals surface area contributed by atoms with Gasteiger partial charge in [0.15, 0.2) is 5.82 Å². The lowest BCUT2D eigenvalue weighted by Gasteiger charge is -2.16. The Labute approximate surface area is 166 Å². The lowest BCUT2D eigenvalue weighted by atomic mass is 10.1. The Morgan fingerprint density at radius 2 is 1.64 bits per heavy atom. The van der Waals surface area contributed by atoms with Crippen molar-refractivity contribution in [3.63, 3.8) is 0 Å². The first-order valence-electron chi connectivity index (χ1n) is 9.44. The molecule has 2 N–H and O–H groups in total. The number of rotatable bonds is 8. The predicted octanol–water partition coefficient (Wildman–Crippen LogP) is 4.57. The Morgan fingerprint density at radius 3 is 2.43 bits per heavy atom. The molecule has 0 aliphatic heterocycles. The monoisotopic (exact) mass is 374 g/mol. The average Bonchev–Trinajstić information content (AvgIpc) is 2.71. The van der Waals surface area contributed by atoms with Crippen LogP contribution < -0.4 is 10.6 Å². The number of benzene rings is 2. The molecule has 1 amide bonds. The van der Waals surface area contributed by atoms with Gasteiger partial charge in [0, 0.05) is 17.4 Å². The van der Waals surface area contributed by atoms with E-state index in [0.717, 1.165) is 30.8 Å². The van der Waals surface area contributed by atoms with Crippen molar-refractivity contribution in [1.82, 2.24) is 9.88 Å². The first-order valence-corrected chi connectivity index (χ1v) is 9.44. The van der Waals surface area contributed by atoms with E-state index in [1.807, 2.05) is 36.4 Å². The largest absolute Gasteiger partial charge is 0.352 e. The topological polar surface area (TPSA) is 57.3 Å². The summed E-state index contributed by atoms with van der Waals surface area (Å²) in [6, 6.07) is 21.2. The Kier molecular flexibility index (Phi) is 6.76. The van der Waals surface area contributed by atoms with Gasteiger partial charge in [0.2, 0.25) is 0 Å². The second-order valence-corrected chi connectivity index (χ2v) is 6.91. The van der Waals surface area contributed by atoms with Gasteiger partial charge in [0.05, 0.1) is 5.69 Å². The van der Waals surface area contributed by atoms with Crippen LogP contribution in [0.15, 0.2) is 72.9 Å². The van der Waals surface area contributed by atoms with Crippen molar-refractivity contribution in [2.45, 2.75) is 12.8 Å². The third kappa shape index (κ3) is 5.41. The number of anilines is 3. The maximum Gasteiger partial charge on any atom is 0.256 e. The lowest BCUT2D eigenvalue weighted by Crippen LogP contribution is -2.14. The summed E-state index contributed by atoms with van der Waals surface area (Å²) in [5.74, 6) is 0.334. The molecule has 0 unspecified atom stereocenters. The van der Waals surface area contributed by atoms with Crippen LogP contribution >= 0.6 is 0 Å². The summed E-state index contributed by atoms with van der Waals surface area (Å²) < 4.78 is 0. The maximum absolute atomic E-state index is 12.5. The second kappa shape index (κ2) is 9.67. The predicted molar refractivity (Wildman–Crippen MR) is 115 cm³/mol. The molecule has 3 rings (SSSR count). The van der Waals surface area contributed by atoms with Crippen molar-refractivity contribution in [2.75, 3.05) is 31.3 Å². The van der Waals surface area contributed by atoms with Gasteiger partial charge >= 0.3 is 0 Å². The van der Waals surface area contributed by atoms with E-state index >= 15 is 0 Å². The molecule has 144 valence electrons. The first-order chi connectivity index (χ1) is 13.6. The SMILES string of the molecule is CN(C)CCCc1ccccc1Nc1cccnc1NC(=O)c1ccccc1. The zero-order valence-electron chi connectivity index (χ0n) is 16.4. The highest BCUT2D eigenvalue weighted by Gasteiger charge is 2.11. The highest BCUT2D eigenvalue weighted by molar-refractivity contribution is 6.05. The van der Waals surface area contributed by atoms with Crippen LogP contribution in [0.2, 0.25) is 0 Å². The summed E-state index contributed by atoms with van der Waals surface area (Å²) in [5.41, 5.74) is 3.65. The number of pyridine rings is 1. The number of hydrogen-bond donors (Lipinski definition) is 2. The third-order valence-corrected chi connectivity index (χ3v) is 4.41. The molecule has 2 aromatic carbocycles. The van der Waals surface area contributed by atoms with Gasteiger partial charge < -0.3 is 15.5 Å². The molecular formula is C23H26N4O. The van der Waals surface area contributed by atoms with Gasteiger partial charge in [-0.2, -0.15) is 0 Å². The van der Waals surface area contributed by atoms with Gasteiger partial charge in [-0.15, -0.1) is 0 Å². The van der Waals surface area contributed by atoms with Crippen LogP contribution in [0, 0.1) is 0 Å². The van der Waals surface area contributed by atoms with Crippen LogP contribution in [-0.4, -0.2) is 36.4 Å². The first kappa shape index (κ1) is 19.6. The number of nitrogens with one attached hydrogen (secondary N) is 2. The Bertz CT molecular complexity index is 909. The van der Waals surface area contributed by atoms with Gasteiger partial charge in [-0.1, -0.05) is 36.4 Å². The van der Waals surface area contributed by atoms with Gasteiger partial charge in [0.25, 0.3) is 5.91 Å². The fourth-order valence-corrected chi connectivity index (χ4v) is 2.97. The van der Waals surface area contributed by atoms with E-state index in [2.05, 4.69) is 52.8 Å². The number of aromatic nitrogens is 1. The van der Waals surface area contributed by atoms with E-state index in [9.17, 15) is 4.79 Å². The maximum atomic E-state index is 12.5. The van der Waals surface area contributed by atoms with Crippen LogP contribution in [0.25, 0.3) is 0 Å². The molecule has 0 atom stereocenters. The zero-order chi connectivity index (χ0) is 19.8. The fourth-order valence-electron chi connectivity index (χ4n) is 2.97. The van der Waals surface area contributed by atoms with E-state index < -0.39 is 0 Å². The number of hydrogen-bond acceptors (Lipinski definition) is 4. The average molecular weight is 374 g/mol. The molecule has 0 fully saturated rings. The van der Waals surface area contributed by atoms with E-state index in [1.165, 1.54) is 5.56 Å². The second-order valence-electron chi connectivity index (χ2n) is 6.91. The normalized spacial score (nSPS) is 10.7. The third-order valence-electron chi connectivity index (χ3n) is 4.41. The highest BCUT2D eigenvalue weighted by atomic mass is 16.1. The molecule has 3 aromatic rings. The number of para-hydroxylation sites is 1. The molecule has 1 heterocycles. The van der Waals surface area contributed by atoms with Crippen molar-refractivity contribution in [1.29, 1.82) is 0 Å². The van der Waals surface area contributed by atoms with Crippen molar-refractivity contribution >= 4 is 23.1 Å². The van der Waals surface area contributed by atoms with E-state index in [-0.39, 0.29) is 5.91 Å². The molecule has 0 radical (unpaired) electrons. The van der Waals surface area contributed by atoms with Crippen molar-refractivity contribution in [3.05, 3.63) is 84.1 Å². The minimum Gasteiger partial charge on any atom is -0.352 e. The van der Waals surface area contributed by atoms with Crippen LogP contribution in [0.3, 0.4) is 0 Å². The molecular weight excluding hydrogens is 348 g/mol. The summed E-state index contributed by atoms with van der Waals surface area (Å²) in [5, 5.41) is 6.35. The van der Waals surface area contributed by atoms with Crippen LogP contribution in [0.5, 0.6) is 0 Å². The number of amides is 1. The minimum absolute atomic E-state index is 0.179. The van der Waals surface area contributed by atoms with E-state index in [4.69, 9.17) is 0 Å². The quantitative estimate of drug-likeness (QED) is 0.606. The van der Waals surface area contributed by atoms with Crippen LogP contribution in [0.1, 0.15) is 22.3 Å². The Morgan fingerprint density at radius 1 is 0.929 bits per heavy atom. The van der Waals surface area contributed by atoms with Crippen LogP contribution in [-0.2, 0) is 6.42 Å². The summed E-state index contributed by atoms with van der Waals surface area (Å²) in [6.45, 7) is 1.04. The Balaban J connectivity index is 1.76. The smallest absolute Gasteiger partial charge is 0.256 e. The molecule has 28 heavy (non-hydrogen) atoms. The lowest BCUT2D eigenvalue weighted by molar-refractivity contribution is 0.102. The molecule has 0 saturated carbocycles. The van der Waals surface area contributed by atoms with Gasteiger partial charge in [-0.3, -0.25) is 4.79 Å². The van der Waals surface area contributed by atoms with Crippen molar-refractivity contribution in [3.8, 4) is 0 Å². The zero-order valence-corrected chi connectivity index (χ0v) is 16.4. The number of carbonyl (C=O) groups is 1. The molecule has 5 heteroatoms. The number of aryl methyl sites for hydroxylation is 1. The summed E-state index contributed by atoms with van der Waals surface area (Å²) in [7, 11) is 4.17. The molecule has 0 saturated heterocycles. The molecule has 0 aliphatic carbocycles. The number of carbonyl (C=O) groups excluding carboxylic acids is 1. The van der Waals surface area contributed by atoms with Crippen molar-refractivity contribution in [2.24, 2.45) is 0 Å². The molecule has 5 nitrogen and oxygen atoms in total.